The predicted octanol–water partition coefficient (Wildman–Crippen LogP) is 10.6. The van der Waals surface area contributed by atoms with Gasteiger partial charge in [0, 0.05) is 134 Å². The first kappa shape index (κ1) is 49.9. The average molecular weight is 1080 g/mol. The van der Waals surface area contributed by atoms with Crippen LogP contribution in [0.4, 0.5) is 5.82 Å². The Morgan fingerprint density at radius 3 is 1.74 bits per heavy atom. The SMILES string of the molecule is COc1cc(-c2cnc3c(c2)C(c2ccc(=O)[nH]c2)CN3)ccc1O.COc1ccc(COc2ccc(-c3cnc4[nH]cc(-c5ccc(=O)[nH]c5)c4c3)cc2OC)cc1.O=c1ccc(-c2c[nH]c3ncc(Br)cc23)c[nH]1. The number of ether oxygens (including phenoxy) is 4. The molecule has 0 saturated carbocycles. The first-order valence-corrected chi connectivity index (χ1v) is 24.6. The molecule has 17 nitrogen and oxygen atoms in total. The second-order valence-corrected chi connectivity index (χ2v) is 18.3. The number of H-pyrrole nitrogens is 5. The fraction of sp³-hybridized carbons (Fsp3) is 0.103. The molecule has 11 aromatic rings. The number of halogens is 1. The molecular formula is C58H48BrN9O8. The first-order valence-electron chi connectivity index (χ1n) is 23.8. The molecule has 12 rings (SSSR count). The summed E-state index contributed by atoms with van der Waals surface area (Å²) in [6, 6.07) is 35.0. The van der Waals surface area contributed by atoms with E-state index in [1.807, 2.05) is 79.3 Å². The Morgan fingerprint density at radius 1 is 0.539 bits per heavy atom. The van der Waals surface area contributed by atoms with E-state index in [4.69, 9.17) is 18.9 Å². The van der Waals surface area contributed by atoms with E-state index in [1.54, 1.807) is 69.5 Å². The van der Waals surface area contributed by atoms with Crippen LogP contribution in [0.2, 0.25) is 0 Å². The highest BCUT2D eigenvalue weighted by Crippen LogP contribution is 2.39. The molecule has 9 heterocycles. The highest BCUT2D eigenvalue weighted by atomic mass is 79.9. The number of aromatic hydroxyl groups is 1. The van der Waals surface area contributed by atoms with Crippen molar-refractivity contribution in [2.24, 2.45) is 0 Å². The molecule has 1 aliphatic heterocycles. The lowest BCUT2D eigenvalue weighted by atomic mass is 9.93. The van der Waals surface area contributed by atoms with Crippen molar-refractivity contribution in [3.63, 3.8) is 0 Å². The van der Waals surface area contributed by atoms with Gasteiger partial charge in [0.25, 0.3) is 0 Å². The van der Waals surface area contributed by atoms with E-state index in [9.17, 15) is 19.5 Å². The number of hydrogen-bond acceptors (Lipinski definition) is 12. The van der Waals surface area contributed by atoms with Gasteiger partial charge in [-0.2, -0.15) is 0 Å². The molecule has 0 radical (unpaired) electrons. The maximum Gasteiger partial charge on any atom is 0.247 e. The van der Waals surface area contributed by atoms with Crippen molar-refractivity contribution in [1.29, 1.82) is 0 Å². The molecule has 380 valence electrons. The van der Waals surface area contributed by atoms with Crippen molar-refractivity contribution in [3.8, 4) is 73.3 Å². The number of fused-ring (bicyclic) bond motifs is 3. The largest absolute Gasteiger partial charge is 0.504 e. The normalized spacial score (nSPS) is 12.4. The zero-order valence-electron chi connectivity index (χ0n) is 41.1. The van der Waals surface area contributed by atoms with Crippen LogP contribution in [0.15, 0.2) is 184 Å². The second kappa shape index (κ2) is 22.2. The zero-order valence-corrected chi connectivity index (χ0v) is 42.7. The van der Waals surface area contributed by atoms with E-state index < -0.39 is 0 Å². The van der Waals surface area contributed by atoms with E-state index in [0.717, 1.165) is 106 Å². The Hall–Kier alpha value is -9.68. The summed E-state index contributed by atoms with van der Waals surface area (Å²) in [7, 11) is 4.79. The molecule has 3 aromatic carbocycles. The molecule has 0 fully saturated rings. The minimum Gasteiger partial charge on any atom is -0.504 e. The fourth-order valence-corrected chi connectivity index (χ4v) is 9.11. The van der Waals surface area contributed by atoms with E-state index >= 15 is 0 Å². The molecule has 0 spiro atoms. The highest BCUT2D eigenvalue weighted by molar-refractivity contribution is 9.10. The van der Waals surface area contributed by atoms with Crippen molar-refractivity contribution in [3.05, 3.63) is 217 Å². The third-order valence-corrected chi connectivity index (χ3v) is 13.2. The number of pyridine rings is 6. The van der Waals surface area contributed by atoms with Crippen molar-refractivity contribution >= 4 is 43.8 Å². The lowest BCUT2D eigenvalue weighted by Crippen LogP contribution is -2.08. The van der Waals surface area contributed by atoms with Gasteiger partial charge >= 0.3 is 0 Å². The van der Waals surface area contributed by atoms with Gasteiger partial charge in [-0.25, -0.2) is 15.0 Å². The minimum atomic E-state index is -0.135. The predicted molar refractivity (Wildman–Crippen MR) is 297 cm³/mol. The lowest BCUT2D eigenvalue weighted by Gasteiger charge is -2.13. The number of hydrogen-bond donors (Lipinski definition) is 7. The zero-order chi connectivity index (χ0) is 52.7. The number of anilines is 1. The topological polar surface area (TPSA) is 238 Å². The third kappa shape index (κ3) is 11.0. The van der Waals surface area contributed by atoms with Crippen LogP contribution in [0, 0.1) is 0 Å². The van der Waals surface area contributed by atoms with Gasteiger partial charge in [-0.1, -0.05) is 30.3 Å². The monoisotopic (exact) mass is 1080 g/mol. The summed E-state index contributed by atoms with van der Waals surface area (Å²) < 4.78 is 22.9. The maximum absolute atomic E-state index is 11.4. The van der Waals surface area contributed by atoms with Gasteiger partial charge in [0.1, 0.15) is 29.5 Å². The molecule has 1 aliphatic rings. The van der Waals surface area contributed by atoms with E-state index in [0.29, 0.717) is 23.9 Å². The Balaban J connectivity index is 0.000000137. The number of aromatic amines is 5. The van der Waals surface area contributed by atoms with Crippen LogP contribution in [0.25, 0.3) is 66.6 Å². The van der Waals surface area contributed by atoms with Gasteiger partial charge in [-0.15, -0.1) is 0 Å². The number of benzene rings is 3. The van der Waals surface area contributed by atoms with Crippen LogP contribution in [0.3, 0.4) is 0 Å². The Morgan fingerprint density at radius 2 is 1.12 bits per heavy atom. The number of nitrogens with zero attached hydrogens (tertiary/aromatic N) is 3. The molecule has 7 N–H and O–H groups in total. The van der Waals surface area contributed by atoms with Crippen LogP contribution in [-0.2, 0) is 6.61 Å². The average Bonchev–Trinajstić information content (AvgIpc) is 4.22. The number of aromatic nitrogens is 8. The number of methoxy groups -OCH3 is 3. The summed E-state index contributed by atoms with van der Waals surface area (Å²) in [4.78, 5) is 61.5. The van der Waals surface area contributed by atoms with Gasteiger partial charge in [0.05, 0.1) is 21.3 Å². The Bertz CT molecular complexity index is 3990. The van der Waals surface area contributed by atoms with E-state index in [2.05, 4.69) is 73.3 Å². The van der Waals surface area contributed by atoms with Crippen molar-refractivity contribution in [2.45, 2.75) is 12.5 Å². The van der Waals surface area contributed by atoms with Gasteiger partial charge in [-0.05, 0) is 105 Å². The molecule has 0 amide bonds. The highest BCUT2D eigenvalue weighted by Gasteiger charge is 2.26. The first-order chi connectivity index (χ1) is 37.0. The molecule has 8 aromatic heterocycles. The molecule has 1 atom stereocenters. The van der Waals surface area contributed by atoms with Crippen LogP contribution in [-0.4, -0.2) is 72.9 Å². The number of nitrogens with one attached hydrogen (secondary N) is 6. The molecule has 0 bridgehead atoms. The molecular weight excluding hydrogens is 1030 g/mol. The summed E-state index contributed by atoms with van der Waals surface area (Å²) >= 11 is 3.40. The Kier molecular flexibility index (Phi) is 14.6. The molecule has 18 heteroatoms. The van der Waals surface area contributed by atoms with Crippen molar-refractivity contribution < 1.29 is 24.1 Å². The van der Waals surface area contributed by atoms with Crippen LogP contribution in [0.5, 0.6) is 28.7 Å². The summed E-state index contributed by atoms with van der Waals surface area (Å²) in [5, 5.41) is 15.1. The van der Waals surface area contributed by atoms with Gasteiger partial charge < -0.3 is 54.3 Å². The molecule has 76 heavy (non-hydrogen) atoms. The quantitative estimate of drug-likeness (QED) is 0.0640. The van der Waals surface area contributed by atoms with Crippen molar-refractivity contribution in [2.75, 3.05) is 33.2 Å². The van der Waals surface area contributed by atoms with Crippen LogP contribution < -0.4 is 40.9 Å². The van der Waals surface area contributed by atoms with Crippen molar-refractivity contribution in [1.82, 2.24) is 39.9 Å². The lowest BCUT2D eigenvalue weighted by molar-refractivity contribution is 0.284. The van der Waals surface area contributed by atoms with Gasteiger partial charge in [0.2, 0.25) is 16.7 Å². The third-order valence-electron chi connectivity index (χ3n) is 12.8. The summed E-state index contributed by atoms with van der Waals surface area (Å²) in [6.45, 7) is 1.15. The Labute approximate surface area is 441 Å². The fourth-order valence-electron chi connectivity index (χ4n) is 8.78. The molecule has 1 unspecified atom stereocenters. The number of phenols is 1. The summed E-state index contributed by atoms with van der Waals surface area (Å²) in [6.07, 6.45) is 14.3. The van der Waals surface area contributed by atoms with Crippen LogP contribution >= 0.6 is 15.9 Å². The number of phenolic OH excluding ortho intramolecular Hbond substituents is 1. The van der Waals surface area contributed by atoms with E-state index in [-0.39, 0.29) is 28.3 Å². The van der Waals surface area contributed by atoms with Gasteiger partial charge in [-0.3, -0.25) is 14.4 Å². The molecule has 0 saturated heterocycles. The number of rotatable bonds is 11. The molecule has 0 aliphatic carbocycles. The minimum absolute atomic E-state index is 0.104. The maximum atomic E-state index is 11.4. The summed E-state index contributed by atoms with van der Waals surface area (Å²) in [5.74, 6) is 3.61. The summed E-state index contributed by atoms with van der Waals surface area (Å²) in [5.41, 5.74) is 12.0. The van der Waals surface area contributed by atoms with E-state index in [1.165, 1.54) is 25.3 Å². The standard InChI is InChI=1S/C27H23N3O4.C19H17N3O3.C12H8BrN3O/c1-32-21-7-3-17(4-8-21)16-34-24-9-5-18(12-25(24)33-2)20-11-22-23(15-30-27(22)29-14-20)19-6-10-26(31)28-13-19;1-25-17-7-11(2-4-16(17)23)13-6-14-15(10-22-19(14)21-9-13)12-3-5-18(24)20-8-12;13-8-3-9-10(6-16-12(9)15-5-8)7-1-2-11(17)14-4-7/h3-15H,16H2,1-2H3,(H,28,31)(H,29,30);2-9,15,23H,10H2,1H3,(H,20,24)(H,21,22);1-6H,(H,14,17)(H,15,16). The smallest absolute Gasteiger partial charge is 0.247 e. The van der Waals surface area contributed by atoms with Crippen LogP contribution in [0.1, 0.15) is 22.6 Å². The van der Waals surface area contributed by atoms with Gasteiger partial charge in [0.15, 0.2) is 23.0 Å². The second-order valence-electron chi connectivity index (χ2n) is 17.4.